The summed E-state index contributed by atoms with van der Waals surface area (Å²) >= 11 is 0. The van der Waals surface area contributed by atoms with Crippen molar-refractivity contribution in [2.45, 2.75) is 5.66 Å². The number of rotatable bonds is 3. The number of benzene rings is 4. The van der Waals surface area contributed by atoms with E-state index in [-0.39, 0.29) is 5.78 Å². The molecule has 0 saturated carbocycles. The molecule has 0 aromatic heterocycles. The van der Waals surface area contributed by atoms with Crippen molar-refractivity contribution in [3.05, 3.63) is 108 Å². The number of Topliss-reactive ketones (excluding diaryl/α,β-unsaturated/α-hetero) is 1. The van der Waals surface area contributed by atoms with Gasteiger partial charge in [0.1, 0.15) is 0 Å². The molecule has 0 spiro atoms. The fourth-order valence-electron chi connectivity index (χ4n) is 3.87. The molecule has 3 nitrogen and oxygen atoms in total. The Bertz CT molecular complexity index is 1100. The number of carbonyl (C=O) groups excluding carboxylic acids is 1. The zero-order chi connectivity index (χ0) is 18.3. The maximum atomic E-state index is 13.7. The molecule has 4 aromatic rings. The van der Waals surface area contributed by atoms with Gasteiger partial charge in [0, 0.05) is 27.9 Å². The predicted octanol–water partition coefficient (Wildman–Crippen LogP) is 5.41. The molecule has 1 aliphatic rings. The monoisotopic (exact) mass is 350 g/mol. The van der Waals surface area contributed by atoms with Crippen LogP contribution in [-0.2, 0) is 5.66 Å². The minimum absolute atomic E-state index is 0.0131. The molecular weight excluding hydrogens is 332 g/mol. The van der Waals surface area contributed by atoms with Crippen molar-refractivity contribution < 1.29 is 4.79 Å². The van der Waals surface area contributed by atoms with Crippen LogP contribution in [0.5, 0.6) is 0 Å². The summed E-state index contributed by atoms with van der Waals surface area (Å²) in [6.45, 7) is 0. The highest BCUT2D eigenvalue weighted by atomic mass is 16.1. The minimum Gasteiger partial charge on any atom is -0.352 e. The van der Waals surface area contributed by atoms with Gasteiger partial charge in [0.2, 0.25) is 5.78 Å². The van der Waals surface area contributed by atoms with Crippen molar-refractivity contribution in [3.8, 4) is 0 Å². The summed E-state index contributed by atoms with van der Waals surface area (Å²) in [5, 5.41) is 9.30. The molecule has 27 heavy (non-hydrogen) atoms. The molecular formula is C24H18N2O. The Kier molecular flexibility index (Phi) is 3.47. The van der Waals surface area contributed by atoms with E-state index < -0.39 is 5.66 Å². The Labute approximate surface area is 157 Å². The zero-order valence-electron chi connectivity index (χ0n) is 14.6. The van der Waals surface area contributed by atoms with Crippen LogP contribution >= 0.6 is 0 Å². The van der Waals surface area contributed by atoms with Gasteiger partial charge in [-0.2, -0.15) is 0 Å². The first-order chi connectivity index (χ1) is 13.3. The van der Waals surface area contributed by atoms with Crippen molar-refractivity contribution in [1.29, 1.82) is 0 Å². The minimum atomic E-state index is -1.06. The Balaban J connectivity index is 1.75. The fourth-order valence-corrected chi connectivity index (χ4v) is 3.87. The fraction of sp³-hybridized carbons (Fsp3) is 0.0417. The van der Waals surface area contributed by atoms with E-state index in [0.29, 0.717) is 5.56 Å². The Morgan fingerprint density at radius 1 is 0.630 bits per heavy atom. The standard InChI is InChI=1S/C24H18N2O/c27-23(18-9-3-1-4-10-18)24(19-13-5-2-6-14-19)25-20-15-7-11-17-12-8-16-21(26-24)22(17)20/h1-16,25-26H. The lowest BCUT2D eigenvalue weighted by atomic mass is 9.87. The molecule has 0 fully saturated rings. The van der Waals surface area contributed by atoms with E-state index in [2.05, 4.69) is 22.8 Å². The van der Waals surface area contributed by atoms with Gasteiger partial charge >= 0.3 is 0 Å². The van der Waals surface area contributed by atoms with Gasteiger partial charge in [-0.1, -0.05) is 84.9 Å². The van der Waals surface area contributed by atoms with Crippen LogP contribution in [0.4, 0.5) is 11.4 Å². The smallest absolute Gasteiger partial charge is 0.213 e. The molecule has 0 atom stereocenters. The average molecular weight is 350 g/mol. The van der Waals surface area contributed by atoms with E-state index in [1.165, 1.54) is 0 Å². The Hall–Kier alpha value is -3.59. The molecule has 0 bridgehead atoms. The van der Waals surface area contributed by atoms with Crippen molar-refractivity contribution in [3.63, 3.8) is 0 Å². The van der Waals surface area contributed by atoms with E-state index in [1.54, 1.807) is 0 Å². The average Bonchev–Trinajstić information content (AvgIpc) is 2.75. The highest BCUT2D eigenvalue weighted by Crippen LogP contribution is 2.42. The summed E-state index contributed by atoms with van der Waals surface area (Å²) < 4.78 is 0. The van der Waals surface area contributed by atoms with Gasteiger partial charge in [0.25, 0.3) is 0 Å². The van der Waals surface area contributed by atoms with Crippen LogP contribution in [-0.4, -0.2) is 5.78 Å². The predicted molar refractivity (Wildman–Crippen MR) is 110 cm³/mol. The quantitative estimate of drug-likeness (QED) is 0.485. The highest BCUT2D eigenvalue weighted by molar-refractivity contribution is 6.13. The summed E-state index contributed by atoms with van der Waals surface area (Å²) in [6, 6.07) is 31.5. The summed E-state index contributed by atoms with van der Waals surface area (Å²) in [5.74, 6) is -0.0131. The van der Waals surface area contributed by atoms with E-state index in [4.69, 9.17) is 0 Å². The number of ketones is 1. The van der Waals surface area contributed by atoms with Crippen molar-refractivity contribution in [2.24, 2.45) is 0 Å². The summed E-state index contributed by atoms with van der Waals surface area (Å²) in [7, 11) is 0. The summed E-state index contributed by atoms with van der Waals surface area (Å²) in [5.41, 5.74) is 2.38. The van der Waals surface area contributed by atoms with Crippen molar-refractivity contribution in [2.75, 3.05) is 10.6 Å². The first-order valence-corrected chi connectivity index (χ1v) is 9.01. The molecule has 4 aromatic carbocycles. The highest BCUT2D eigenvalue weighted by Gasteiger charge is 2.43. The Morgan fingerprint density at radius 2 is 1.19 bits per heavy atom. The third kappa shape index (κ3) is 2.40. The van der Waals surface area contributed by atoms with E-state index >= 15 is 0 Å². The van der Waals surface area contributed by atoms with E-state index in [9.17, 15) is 4.79 Å². The third-order valence-corrected chi connectivity index (χ3v) is 5.13. The third-order valence-electron chi connectivity index (χ3n) is 5.13. The molecule has 0 radical (unpaired) electrons. The SMILES string of the molecule is O=C(c1ccccc1)C1(c2ccccc2)Nc2cccc3cccc(c23)N1. The van der Waals surface area contributed by atoms with Crippen molar-refractivity contribution in [1.82, 2.24) is 0 Å². The first-order valence-electron chi connectivity index (χ1n) is 9.01. The summed E-state index contributed by atoms with van der Waals surface area (Å²) in [6.07, 6.45) is 0. The molecule has 0 unspecified atom stereocenters. The topological polar surface area (TPSA) is 41.1 Å². The number of hydrogen-bond acceptors (Lipinski definition) is 3. The second-order valence-corrected chi connectivity index (χ2v) is 6.77. The number of carbonyl (C=O) groups is 1. The molecule has 5 rings (SSSR count). The normalized spacial score (nSPS) is 14.2. The van der Waals surface area contributed by atoms with Crippen LogP contribution in [0.3, 0.4) is 0 Å². The van der Waals surface area contributed by atoms with Crippen molar-refractivity contribution >= 4 is 27.9 Å². The van der Waals surface area contributed by atoms with Gasteiger partial charge in [-0.25, -0.2) is 0 Å². The van der Waals surface area contributed by atoms with Gasteiger partial charge in [0.15, 0.2) is 5.66 Å². The summed E-state index contributed by atoms with van der Waals surface area (Å²) in [4.78, 5) is 13.7. The molecule has 3 heteroatoms. The van der Waals surface area contributed by atoms with E-state index in [1.807, 2.05) is 84.9 Å². The molecule has 1 heterocycles. The van der Waals surface area contributed by atoms with Gasteiger partial charge in [-0.05, 0) is 17.5 Å². The number of hydrogen-bond donors (Lipinski definition) is 2. The maximum Gasteiger partial charge on any atom is 0.213 e. The molecule has 130 valence electrons. The van der Waals surface area contributed by atoms with Gasteiger partial charge < -0.3 is 10.6 Å². The Morgan fingerprint density at radius 3 is 1.78 bits per heavy atom. The first kappa shape index (κ1) is 15.6. The molecule has 1 aliphatic heterocycles. The second-order valence-electron chi connectivity index (χ2n) is 6.77. The lowest BCUT2D eigenvalue weighted by Crippen LogP contribution is -2.51. The molecule has 0 saturated heterocycles. The maximum absolute atomic E-state index is 13.7. The molecule has 2 N–H and O–H groups in total. The second kappa shape index (κ2) is 5.99. The van der Waals surface area contributed by atoms with Gasteiger partial charge in [-0.3, -0.25) is 4.79 Å². The number of nitrogens with one attached hydrogen (secondary N) is 2. The zero-order valence-corrected chi connectivity index (χ0v) is 14.6. The molecule has 0 amide bonds. The van der Waals surface area contributed by atoms with Crippen LogP contribution in [0.1, 0.15) is 15.9 Å². The largest absolute Gasteiger partial charge is 0.352 e. The van der Waals surface area contributed by atoms with Crippen LogP contribution in [0, 0.1) is 0 Å². The van der Waals surface area contributed by atoms with Crippen LogP contribution in [0.2, 0.25) is 0 Å². The molecule has 0 aliphatic carbocycles. The lowest BCUT2D eigenvalue weighted by Gasteiger charge is -2.40. The number of anilines is 2. The van der Waals surface area contributed by atoms with E-state index in [0.717, 1.165) is 27.7 Å². The van der Waals surface area contributed by atoms with Crippen LogP contribution in [0.15, 0.2) is 97.1 Å². The lowest BCUT2D eigenvalue weighted by molar-refractivity contribution is 0.0920. The van der Waals surface area contributed by atoms with Crippen LogP contribution in [0.25, 0.3) is 10.8 Å². The van der Waals surface area contributed by atoms with Crippen LogP contribution < -0.4 is 10.6 Å². The van der Waals surface area contributed by atoms with Gasteiger partial charge in [0.05, 0.1) is 0 Å². The van der Waals surface area contributed by atoms with Gasteiger partial charge in [-0.15, -0.1) is 0 Å².